The van der Waals surface area contributed by atoms with E-state index in [1.54, 1.807) is 6.92 Å². The largest absolute Gasteiger partial charge is 0.465 e. The molecule has 0 spiro atoms. The Kier molecular flexibility index (Phi) is 3.66. The van der Waals surface area contributed by atoms with E-state index in [-0.39, 0.29) is 4.90 Å². The second-order valence-electron chi connectivity index (χ2n) is 3.18. The van der Waals surface area contributed by atoms with E-state index in [4.69, 9.17) is 0 Å². The Morgan fingerprint density at radius 1 is 1.38 bits per heavy atom. The van der Waals surface area contributed by atoms with Crippen LogP contribution in [0, 0.1) is 6.92 Å². The molecule has 0 unspecified atom stereocenters. The maximum Gasteiger partial charge on any atom is 0.337 e. The molecule has 0 radical (unpaired) electrons. The number of hydrogen-bond donors (Lipinski definition) is 1. The number of aryl methyl sites for hydroxylation is 1. The van der Waals surface area contributed by atoms with Gasteiger partial charge in [-0.3, -0.25) is 0 Å². The van der Waals surface area contributed by atoms with E-state index in [2.05, 4.69) is 9.46 Å². The van der Waals surface area contributed by atoms with Crippen molar-refractivity contribution in [3.05, 3.63) is 29.3 Å². The van der Waals surface area contributed by atoms with Crippen molar-refractivity contribution in [1.82, 2.24) is 4.72 Å². The topological polar surface area (TPSA) is 72.5 Å². The van der Waals surface area contributed by atoms with Gasteiger partial charge in [0.25, 0.3) is 0 Å². The van der Waals surface area contributed by atoms with Crippen LogP contribution in [0.1, 0.15) is 15.9 Å². The summed E-state index contributed by atoms with van der Waals surface area (Å²) in [7, 11) is -0.870. The van der Waals surface area contributed by atoms with E-state index < -0.39 is 16.0 Å². The van der Waals surface area contributed by atoms with E-state index in [0.717, 1.165) is 0 Å². The normalized spacial score (nSPS) is 11.2. The molecule has 1 N–H and O–H groups in total. The zero-order valence-electron chi connectivity index (χ0n) is 9.27. The molecule has 0 amide bonds. The predicted octanol–water partition coefficient (Wildman–Crippen LogP) is 0.690. The van der Waals surface area contributed by atoms with Gasteiger partial charge in [0, 0.05) is 0 Å². The Labute approximate surface area is 94.5 Å². The molecular weight excluding hydrogens is 230 g/mol. The fourth-order valence-electron chi connectivity index (χ4n) is 1.31. The van der Waals surface area contributed by atoms with Crippen molar-refractivity contribution in [2.75, 3.05) is 14.2 Å². The van der Waals surface area contributed by atoms with Crippen LogP contribution in [0.25, 0.3) is 0 Å². The summed E-state index contributed by atoms with van der Waals surface area (Å²) in [6.45, 7) is 1.62. The summed E-state index contributed by atoms with van der Waals surface area (Å²) in [6, 6.07) is 4.28. The molecule has 1 aromatic rings. The van der Waals surface area contributed by atoms with Gasteiger partial charge in [-0.2, -0.15) is 0 Å². The fraction of sp³-hybridized carbons (Fsp3) is 0.300. The summed E-state index contributed by atoms with van der Waals surface area (Å²) in [5, 5.41) is 0. The molecule has 0 aliphatic carbocycles. The Hall–Kier alpha value is -1.40. The lowest BCUT2D eigenvalue weighted by Gasteiger charge is -2.07. The minimum Gasteiger partial charge on any atom is -0.465 e. The van der Waals surface area contributed by atoms with Crippen molar-refractivity contribution in [2.45, 2.75) is 11.8 Å². The van der Waals surface area contributed by atoms with Gasteiger partial charge in [-0.1, -0.05) is 0 Å². The first-order valence-corrected chi connectivity index (χ1v) is 6.03. The molecule has 88 valence electrons. The molecule has 0 aliphatic rings. The number of hydrogen-bond acceptors (Lipinski definition) is 4. The van der Waals surface area contributed by atoms with Crippen LogP contribution >= 0.6 is 0 Å². The number of sulfonamides is 1. The molecule has 0 bridgehead atoms. The molecular formula is C10H13NO4S. The highest BCUT2D eigenvalue weighted by atomic mass is 32.2. The van der Waals surface area contributed by atoms with E-state index in [0.29, 0.717) is 11.1 Å². The van der Waals surface area contributed by atoms with Crippen LogP contribution in [0.4, 0.5) is 0 Å². The first-order valence-electron chi connectivity index (χ1n) is 4.55. The van der Waals surface area contributed by atoms with Crippen molar-refractivity contribution >= 4 is 16.0 Å². The number of carbonyl (C=O) groups excluding carboxylic acids is 1. The van der Waals surface area contributed by atoms with Gasteiger partial charge in [-0.05, 0) is 37.7 Å². The molecule has 0 saturated carbocycles. The Morgan fingerprint density at radius 3 is 2.44 bits per heavy atom. The number of rotatable bonds is 3. The van der Waals surface area contributed by atoms with Crippen LogP contribution in [0.15, 0.2) is 23.1 Å². The van der Waals surface area contributed by atoms with Gasteiger partial charge in [0.15, 0.2) is 0 Å². The van der Waals surface area contributed by atoms with E-state index in [9.17, 15) is 13.2 Å². The summed E-state index contributed by atoms with van der Waals surface area (Å²) in [5.41, 5.74) is 0.826. The highest BCUT2D eigenvalue weighted by Gasteiger charge is 2.16. The molecule has 6 heteroatoms. The molecule has 0 fully saturated rings. The van der Waals surface area contributed by atoms with Crippen LogP contribution in [-0.2, 0) is 14.8 Å². The Morgan fingerprint density at radius 2 is 2.00 bits per heavy atom. The fourth-order valence-corrected chi connectivity index (χ4v) is 2.26. The summed E-state index contributed by atoms with van der Waals surface area (Å²) in [5.74, 6) is -0.489. The number of nitrogens with one attached hydrogen (secondary N) is 1. The molecule has 5 nitrogen and oxygen atoms in total. The van der Waals surface area contributed by atoms with Gasteiger partial charge in [-0.15, -0.1) is 0 Å². The number of benzene rings is 1. The zero-order chi connectivity index (χ0) is 12.3. The first-order chi connectivity index (χ1) is 7.42. The van der Waals surface area contributed by atoms with Crippen LogP contribution in [0.5, 0.6) is 0 Å². The van der Waals surface area contributed by atoms with E-state index in [1.807, 2.05) is 0 Å². The molecule has 16 heavy (non-hydrogen) atoms. The zero-order valence-corrected chi connectivity index (χ0v) is 10.1. The SMILES string of the molecule is CNS(=O)(=O)c1ccc(C(=O)OC)cc1C. The average Bonchev–Trinajstić information content (AvgIpc) is 2.27. The quantitative estimate of drug-likeness (QED) is 0.793. The molecule has 1 aromatic carbocycles. The minimum absolute atomic E-state index is 0.155. The third kappa shape index (κ3) is 2.40. The molecule has 0 saturated heterocycles. The van der Waals surface area contributed by atoms with Gasteiger partial charge >= 0.3 is 5.97 Å². The highest BCUT2D eigenvalue weighted by molar-refractivity contribution is 7.89. The van der Waals surface area contributed by atoms with Crippen molar-refractivity contribution < 1.29 is 17.9 Å². The maximum absolute atomic E-state index is 11.5. The number of ether oxygens (including phenoxy) is 1. The van der Waals surface area contributed by atoms with Gasteiger partial charge in [-0.25, -0.2) is 17.9 Å². The first kappa shape index (κ1) is 12.7. The number of methoxy groups -OCH3 is 1. The van der Waals surface area contributed by atoms with Crippen LogP contribution in [0.2, 0.25) is 0 Å². The summed E-state index contributed by atoms with van der Waals surface area (Å²) < 4.78 is 29.8. The summed E-state index contributed by atoms with van der Waals surface area (Å²) in [4.78, 5) is 11.4. The molecule has 0 heterocycles. The van der Waals surface area contributed by atoms with E-state index >= 15 is 0 Å². The van der Waals surface area contributed by atoms with E-state index in [1.165, 1.54) is 32.4 Å². The summed E-state index contributed by atoms with van der Waals surface area (Å²) >= 11 is 0. The van der Waals surface area contributed by atoms with Crippen LogP contribution in [-0.4, -0.2) is 28.5 Å². The van der Waals surface area contributed by atoms with Gasteiger partial charge in [0.1, 0.15) is 0 Å². The van der Waals surface area contributed by atoms with Crippen LogP contribution in [0.3, 0.4) is 0 Å². The second-order valence-corrected chi connectivity index (χ2v) is 5.03. The maximum atomic E-state index is 11.5. The predicted molar refractivity (Wildman–Crippen MR) is 58.8 cm³/mol. The highest BCUT2D eigenvalue weighted by Crippen LogP contribution is 2.16. The van der Waals surface area contributed by atoms with Gasteiger partial charge < -0.3 is 4.74 Å². The Bertz CT molecular complexity index is 508. The van der Waals surface area contributed by atoms with Gasteiger partial charge in [0.05, 0.1) is 17.6 Å². The lowest BCUT2D eigenvalue weighted by Crippen LogP contribution is -2.19. The number of esters is 1. The average molecular weight is 243 g/mol. The second kappa shape index (κ2) is 4.63. The lowest BCUT2D eigenvalue weighted by molar-refractivity contribution is 0.0600. The standard InChI is InChI=1S/C10H13NO4S/c1-7-6-8(10(12)15-3)4-5-9(7)16(13,14)11-2/h4-6,11H,1-3H3. The lowest BCUT2D eigenvalue weighted by atomic mass is 10.1. The van der Waals surface area contributed by atoms with Crippen molar-refractivity contribution in [1.29, 1.82) is 0 Å². The monoisotopic (exact) mass is 243 g/mol. The van der Waals surface area contributed by atoms with Crippen molar-refractivity contribution in [3.63, 3.8) is 0 Å². The summed E-state index contributed by atoms with van der Waals surface area (Å²) in [6.07, 6.45) is 0. The van der Waals surface area contributed by atoms with Crippen LogP contribution < -0.4 is 4.72 Å². The smallest absolute Gasteiger partial charge is 0.337 e. The molecule has 0 atom stereocenters. The minimum atomic E-state index is -3.48. The molecule has 0 aliphatic heterocycles. The number of carbonyl (C=O) groups is 1. The van der Waals surface area contributed by atoms with Crippen molar-refractivity contribution in [2.24, 2.45) is 0 Å². The molecule has 0 aromatic heterocycles. The third-order valence-electron chi connectivity index (χ3n) is 2.15. The van der Waals surface area contributed by atoms with Gasteiger partial charge in [0.2, 0.25) is 10.0 Å². The Balaban J connectivity index is 3.25. The van der Waals surface area contributed by atoms with Crippen molar-refractivity contribution in [3.8, 4) is 0 Å². The third-order valence-corrected chi connectivity index (χ3v) is 3.73. The molecule has 1 rings (SSSR count).